The van der Waals surface area contributed by atoms with E-state index in [0.717, 1.165) is 12.8 Å². The maximum atomic E-state index is 12.3. The standard InChI is InChI=1S/C14H20N2O4S/c1-20-16(7-8-17)13(18)11-4-2-6-15(10-11)14(19)12-5-3-9-21-12/h3,5,9,11,17H,2,4,6-8,10H2,1H3. The molecule has 0 saturated carbocycles. The molecule has 0 aliphatic carbocycles. The number of rotatable bonds is 5. The molecule has 2 rings (SSSR count). The number of nitrogens with zero attached hydrogens (tertiary/aromatic N) is 2. The number of thiophene rings is 1. The van der Waals surface area contributed by atoms with Gasteiger partial charge in [-0.3, -0.25) is 14.4 Å². The smallest absolute Gasteiger partial charge is 0.263 e. The number of hydrogen-bond donors (Lipinski definition) is 1. The number of likely N-dealkylation sites (tertiary alicyclic amines) is 1. The lowest BCUT2D eigenvalue weighted by atomic mass is 9.97. The average molecular weight is 312 g/mol. The van der Waals surface area contributed by atoms with Gasteiger partial charge in [-0.05, 0) is 24.3 Å². The second-order valence-corrected chi connectivity index (χ2v) is 5.86. The van der Waals surface area contributed by atoms with E-state index in [9.17, 15) is 9.59 Å². The van der Waals surface area contributed by atoms with Gasteiger partial charge in [-0.25, -0.2) is 5.06 Å². The van der Waals surface area contributed by atoms with Crippen LogP contribution < -0.4 is 0 Å². The van der Waals surface area contributed by atoms with Crippen molar-refractivity contribution < 1.29 is 19.5 Å². The second-order valence-electron chi connectivity index (χ2n) is 4.91. The number of aliphatic hydroxyl groups is 1. The Morgan fingerprint density at radius 1 is 1.57 bits per heavy atom. The van der Waals surface area contributed by atoms with Crippen molar-refractivity contribution in [2.45, 2.75) is 12.8 Å². The molecule has 1 unspecified atom stereocenters. The second kappa shape index (κ2) is 7.53. The average Bonchev–Trinajstić information content (AvgIpc) is 3.05. The highest BCUT2D eigenvalue weighted by Gasteiger charge is 2.32. The minimum Gasteiger partial charge on any atom is -0.394 e. The van der Waals surface area contributed by atoms with Crippen LogP contribution >= 0.6 is 11.3 Å². The molecule has 21 heavy (non-hydrogen) atoms. The van der Waals surface area contributed by atoms with Gasteiger partial charge in [-0.1, -0.05) is 6.07 Å². The molecule has 1 N–H and O–H groups in total. The van der Waals surface area contributed by atoms with Gasteiger partial charge in [0.2, 0.25) is 0 Å². The normalized spacial score (nSPS) is 18.6. The maximum absolute atomic E-state index is 12.3. The van der Waals surface area contributed by atoms with Crippen molar-refractivity contribution in [3.05, 3.63) is 22.4 Å². The van der Waals surface area contributed by atoms with Gasteiger partial charge in [-0.15, -0.1) is 11.3 Å². The molecule has 1 aliphatic rings. The maximum Gasteiger partial charge on any atom is 0.263 e. The molecule has 1 saturated heterocycles. The van der Waals surface area contributed by atoms with Crippen LogP contribution in [0.5, 0.6) is 0 Å². The Labute approximate surface area is 127 Å². The van der Waals surface area contributed by atoms with Gasteiger partial charge in [-0.2, -0.15) is 0 Å². The van der Waals surface area contributed by atoms with Crippen LogP contribution in [-0.2, 0) is 9.63 Å². The predicted molar refractivity (Wildman–Crippen MR) is 78.8 cm³/mol. The van der Waals surface area contributed by atoms with Gasteiger partial charge in [0, 0.05) is 13.1 Å². The van der Waals surface area contributed by atoms with Gasteiger partial charge in [0.15, 0.2) is 0 Å². The van der Waals surface area contributed by atoms with E-state index in [1.165, 1.54) is 23.5 Å². The highest BCUT2D eigenvalue weighted by molar-refractivity contribution is 7.12. The van der Waals surface area contributed by atoms with Crippen LogP contribution in [0.1, 0.15) is 22.5 Å². The van der Waals surface area contributed by atoms with Crippen molar-refractivity contribution in [1.82, 2.24) is 9.96 Å². The van der Waals surface area contributed by atoms with Crippen molar-refractivity contribution >= 4 is 23.2 Å². The van der Waals surface area contributed by atoms with E-state index < -0.39 is 0 Å². The molecular weight excluding hydrogens is 292 g/mol. The van der Waals surface area contributed by atoms with E-state index in [1.54, 1.807) is 11.0 Å². The molecule has 0 bridgehead atoms. The molecule has 0 radical (unpaired) electrons. The zero-order valence-corrected chi connectivity index (χ0v) is 12.8. The van der Waals surface area contributed by atoms with Crippen LogP contribution in [0.25, 0.3) is 0 Å². The summed E-state index contributed by atoms with van der Waals surface area (Å²) >= 11 is 1.41. The number of carbonyl (C=O) groups is 2. The lowest BCUT2D eigenvalue weighted by Gasteiger charge is -2.33. The van der Waals surface area contributed by atoms with E-state index in [-0.39, 0.29) is 30.9 Å². The summed E-state index contributed by atoms with van der Waals surface area (Å²) in [5.74, 6) is -0.460. The summed E-state index contributed by atoms with van der Waals surface area (Å²) in [5.41, 5.74) is 0. The Kier molecular flexibility index (Phi) is 5.72. The van der Waals surface area contributed by atoms with Crippen molar-refractivity contribution in [2.75, 3.05) is 33.4 Å². The highest BCUT2D eigenvalue weighted by Crippen LogP contribution is 2.22. The molecule has 1 aromatic heterocycles. The molecule has 6 nitrogen and oxygen atoms in total. The van der Waals surface area contributed by atoms with Crippen LogP contribution in [0.4, 0.5) is 0 Å². The van der Waals surface area contributed by atoms with Crippen molar-refractivity contribution in [1.29, 1.82) is 0 Å². The fraction of sp³-hybridized carbons (Fsp3) is 0.571. The first-order valence-corrected chi connectivity index (χ1v) is 7.84. The Bertz CT molecular complexity index is 477. The van der Waals surface area contributed by atoms with Gasteiger partial charge < -0.3 is 10.0 Å². The molecule has 0 aromatic carbocycles. The first kappa shape index (κ1) is 15.9. The van der Waals surface area contributed by atoms with Gasteiger partial charge >= 0.3 is 0 Å². The van der Waals surface area contributed by atoms with Crippen molar-refractivity contribution in [3.8, 4) is 0 Å². The van der Waals surface area contributed by atoms with Crippen LogP contribution in [0.3, 0.4) is 0 Å². The molecule has 1 fully saturated rings. The fourth-order valence-electron chi connectivity index (χ4n) is 2.51. The molecule has 1 aromatic rings. The first-order valence-electron chi connectivity index (χ1n) is 6.96. The molecule has 1 aliphatic heterocycles. The molecule has 1 atom stereocenters. The Hall–Kier alpha value is -1.44. The molecular formula is C14H20N2O4S. The number of piperidine rings is 1. The summed E-state index contributed by atoms with van der Waals surface area (Å²) in [7, 11) is 1.41. The van der Waals surface area contributed by atoms with E-state index in [0.29, 0.717) is 18.0 Å². The number of aliphatic hydroxyl groups excluding tert-OH is 1. The Balaban J connectivity index is 2.00. The minimum atomic E-state index is -0.269. The number of carbonyl (C=O) groups excluding carboxylic acids is 2. The quantitative estimate of drug-likeness (QED) is 0.823. The van der Waals surface area contributed by atoms with Gasteiger partial charge in [0.05, 0.1) is 31.1 Å². The van der Waals surface area contributed by atoms with Crippen LogP contribution in [-0.4, -0.2) is 60.2 Å². The molecule has 0 spiro atoms. The van der Waals surface area contributed by atoms with Crippen LogP contribution in [0.15, 0.2) is 17.5 Å². The topological polar surface area (TPSA) is 70.1 Å². The Morgan fingerprint density at radius 2 is 2.38 bits per heavy atom. The number of hydrogen-bond acceptors (Lipinski definition) is 5. The molecule has 2 heterocycles. The third-order valence-electron chi connectivity index (χ3n) is 3.56. The van der Waals surface area contributed by atoms with Crippen molar-refractivity contribution in [2.24, 2.45) is 5.92 Å². The van der Waals surface area contributed by atoms with E-state index in [4.69, 9.17) is 9.94 Å². The SMILES string of the molecule is CON(CCO)C(=O)C1CCCN(C(=O)c2cccs2)C1. The summed E-state index contributed by atoms with van der Waals surface area (Å²) in [6.45, 7) is 1.07. The summed E-state index contributed by atoms with van der Waals surface area (Å²) in [4.78, 5) is 32.1. The van der Waals surface area contributed by atoms with E-state index in [1.807, 2.05) is 11.4 Å². The third-order valence-corrected chi connectivity index (χ3v) is 4.42. The lowest BCUT2D eigenvalue weighted by molar-refractivity contribution is -0.184. The number of amides is 2. The zero-order chi connectivity index (χ0) is 15.2. The summed E-state index contributed by atoms with van der Waals surface area (Å²) in [5, 5.41) is 12.0. The lowest BCUT2D eigenvalue weighted by Crippen LogP contribution is -2.47. The first-order chi connectivity index (χ1) is 10.2. The molecule has 7 heteroatoms. The minimum absolute atomic E-state index is 0.0198. The predicted octanol–water partition coefficient (Wildman–Crippen LogP) is 0.983. The largest absolute Gasteiger partial charge is 0.394 e. The fourth-order valence-corrected chi connectivity index (χ4v) is 3.20. The summed E-state index contributed by atoms with van der Waals surface area (Å²) in [6.07, 6.45) is 1.53. The number of hydroxylamine groups is 2. The van der Waals surface area contributed by atoms with E-state index in [2.05, 4.69) is 0 Å². The van der Waals surface area contributed by atoms with E-state index >= 15 is 0 Å². The molecule has 2 amide bonds. The zero-order valence-electron chi connectivity index (χ0n) is 12.0. The van der Waals surface area contributed by atoms with Crippen LogP contribution in [0.2, 0.25) is 0 Å². The Morgan fingerprint density at radius 3 is 3.00 bits per heavy atom. The van der Waals surface area contributed by atoms with Gasteiger partial charge in [0.25, 0.3) is 11.8 Å². The monoisotopic (exact) mass is 312 g/mol. The highest BCUT2D eigenvalue weighted by atomic mass is 32.1. The third kappa shape index (κ3) is 3.81. The van der Waals surface area contributed by atoms with Crippen molar-refractivity contribution in [3.63, 3.8) is 0 Å². The summed E-state index contributed by atoms with van der Waals surface area (Å²) < 4.78 is 0. The summed E-state index contributed by atoms with van der Waals surface area (Å²) in [6, 6.07) is 3.64. The molecule has 116 valence electrons. The van der Waals surface area contributed by atoms with Crippen LogP contribution in [0, 0.1) is 5.92 Å². The van der Waals surface area contributed by atoms with Gasteiger partial charge in [0.1, 0.15) is 0 Å².